The average molecular weight is 302 g/mol. The zero-order chi connectivity index (χ0) is 14.0. The lowest BCUT2D eigenvalue weighted by Gasteiger charge is -2.23. The molecule has 1 aromatic rings. The van der Waals surface area contributed by atoms with Gasteiger partial charge in [0.15, 0.2) is 0 Å². The average Bonchev–Trinajstić information content (AvgIpc) is 3.12. The monoisotopic (exact) mass is 302 g/mol. The fourth-order valence-corrected chi connectivity index (χ4v) is 4.90. The normalized spacial score (nSPS) is 17.9. The van der Waals surface area contributed by atoms with Gasteiger partial charge in [0.1, 0.15) is 4.21 Å². The predicted octanol–water partition coefficient (Wildman–Crippen LogP) is 2.28. The van der Waals surface area contributed by atoms with Crippen LogP contribution in [-0.4, -0.2) is 32.4 Å². The van der Waals surface area contributed by atoms with Crippen molar-refractivity contribution < 1.29 is 8.42 Å². The molecule has 0 aliphatic heterocycles. The Morgan fingerprint density at radius 3 is 2.79 bits per heavy atom. The minimum atomic E-state index is -3.32. The van der Waals surface area contributed by atoms with Gasteiger partial charge in [0, 0.05) is 19.6 Å². The Hall–Kier alpha value is -0.430. The summed E-state index contributed by atoms with van der Waals surface area (Å²) in [5.41, 5.74) is 1.04. The Bertz CT molecular complexity index is 521. The van der Waals surface area contributed by atoms with Crippen LogP contribution in [0.2, 0.25) is 0 Å². The molecule has 0 aromatic carbocycles. The van der Waals surface area contributed by atoms with Gasteiger partial charge >= 0.3 is 0 Å². The molecule has 0 radical (unpaired) electrons. The number of hydrogen-bond acceptors (Lipinski definition) is 4. The Morgan fingerprint density at radius 1 is 1.53 bits per heavy atom. The molecule has 1 unspecified atom stereocenters. The van der Waals surface area contributed by atoms with Gasteiger partial charge < -0.3 is 5.32 Å². The van der Waals surface area contributed by atoms with Gasteiger partial charge in [-0.1, -0.05) is 6.92 Å². The van der Waals surface area contributed by atoms with Gasteiger partial charge in [-0.25, -0.2) is 8.42 Å². The van der Waals surface area contributed by atoms with Crippen LogP contribution in [0.3, 0.4) is 0 Å². The summed E-state index contributed by atoms with van der Waals surface area (Å²) in [7, 11) is -1.63. The third kappa shape index (κ3) is 3.37. The number of sulfonamides is 1. The van der Waals surface area contributed by atoms with Crippen molar-refractivity contribution in [1.82, 2.24) is 9.62 Å². The van der Waals surface area contributed by atoms with E-state index in [1.54, 1.807) is 13.1 Å². The Labute approximate surface area is 119 Å². The molecule has 1 heterocycles. The standard InChI is InChI=1S/C13H22N2O2S2/c1-4-14-8-11-7-13(18-9-11)19(16,17)15(3)10(2)12-5-6-12/h7,9-10,12,14H,4-6,8H2,1-3H3. The lowest BCUT2D eigenvalue weighted by Crippen LogP contribution is -2.36. The molecule has 0 amide bonds. The van der Waals surface area contributed by atoms with E-state index < -0.39 is 10.0 Å². The SMILES string of the molecule is CCNCc1csc(S(=O)(=O)N(C)C(C)C2CC2)c1. The molecule has 2 rings (SSSR count). The van der Waals surface area contributed by atoms with Crippen molar-refractivity contribution in [1.29, 1.82) is 0 Å². The summed E-state index contributed by atoms with van der Waals surface area (Å²) in [6, 6.07) is 1.89. The summed E-state index contributed by atoms with van der Waals surface area (Å²) in [5.74, 6) is 0.543. The van der Waals surface area contributed by atoms with Gasteiger partial charge in [0.05, 0.1) is 0 Å². The summed E-state index contributed by atoms with van der Waals surface area (Å²) in [6.45, 7) is 5.65. The van der Waals surface area contributed by atoms with Crippen molar-refractivity contribution in [3.8, 4) is 0 Å². The summed E-state index contributed by atoms with van der Waals surface area (Å²) in [4.78, 5) is 0. The molecule has 19 heavy (non-hydrogen) atoms. The van der Waals surface area contributed by atoms with E-state index in [9.17, 15) is 8.42 Å². The summed E-state index contributed by atoms with van der Waals surface area (Å²) >= 11 is 1.32. The van der Waals surface area contributed by atoms with Crippen molar-refractivity contribution in [2.75, 3.05) is 13.6 Å². The highest BCUT2D eigenvalue weighted by Gasteiger charge is 2.36. The highest BCUT2D eigenvalue weighted by molar-refractivity contribution is 7.91. The highest BCUT2D eigenvalue weighted by Crippen LogP contribution is 2.37. The number of thiophene rings is 1. The first-order valence-corrected chi connectivity index (χ1v) is 9.05. The van der Waals surface area contributed by atoms with Gasteiger partial charge in [0.2, 0.25) is 0 Å². The summed E-state index contributed by atoms with van der Waals surface area (Å²) < 4.78 is 27.0. The molecule has 4 nitrogen and oxygen atoms in total. The molecule has 1 aliphatic rings. The Balaban J connectivity index is 2.11. The molecule has 6 heteroatoms. The van der Waals surface area contributed by atoms with E-state index in [0.717, 1.165) is 31.5 Å². The molecule has 1 atom stereocenters. The van der Waals surface area contributed by atoms with Gasteiger partial charge in [-0.3, -0.25) is 0 Å². The van der Waals surface area contributed by atoms with E-state index >= 15 is 0 Å². The van der Waals surface area contributed by atoms with E-state index in [1.165, 1.54) is 15.6 Å². The fraction of sp³-hybridized carbons (Fsp3) is 0.692. The molecular formula is C13H22N2O2S2. The zero-order valence-electron chi connectivity index (χ0n) is 11.7. The van der Waals surface area contributed by atoms with Crippen LogP contribution in [0.15, 0.2) is 15.7 Å². The second kappa shape index (κ2) is 5.91. The zero-order valence-corrected chi connectivity index (χ0v) is 13.4. The second-order valence-corrected chi connectivity index (χ2v) is 8.29. The fourth-order valence-electron chi connectivity index (χ4n) is 2.09. The first-order chi connectivity index (χ1) is 8.96. The highest BCUT2D eigenvalue weighted by atomic mass is 32.2. The van der Waals surface area contributed by atoms with Crippen LogP contribution in [0, 0.1) is 5.92 Å². The molecule has 0 saturated heterocycles. The molecule has 1 fully saturated rings. The Morgan fingerprint density at radius 2 is 2.21 bits per heavy atom. The first kappa shape index (κ1) is 15.0. The minimum Gasteiger partial charge on any atom is -0.313 e. The van der Waals surface area contributed by atoms with Crippen molar-refractivity contribution in [2.45, 2.75) is 43.5 Å². The van der Waals surface area contributed by atoms with Crippen LogP contribution in [0.5, 0.6) is 0 Å². The first-order valence-electron chi connectivity index (χ1n) is 6.73. The molecule has 1 aromatic heterocycles. The molecule has 1 aliphatic carbocycles. The van der Waals surface area contributed by atoms with Crippen LogP contribution in [0.4, 0.5) is 0 Å². The van der Waals surface area contributed by atoms with E-state index in [2.05, 4.69) is 5.32 Å². The van der Waals surface area contributed by atoms with Gasteiger partial charge in [-0.05, 0) is 49.2 Å². The van der Waals surface area contributed by atoms with Gasteiger partial charge in [-0.2, -0.15) is 4.31 Å². The lowest BCUT2D eigenvalue weighted by atomic mass is 10.2. The molecule has 108 valence electrons. The van der Waals surface area contributed by atoms with Crippen molar-refractivity contribution in [2.24, 2.45) is 5.92 Å². The van der Waals surface area contributed by atoms with E-state index in [1.807, 2.05) is 19.2 Å². The van der Waals surface area contributed by atoms with Crippen LogP contribution in [-0.2, 0) is 16.6 Å². The summed E-state index contributed by atoms with van der Waals surface area (Å²) in [5, 5.41) is 5.13. The minimum absolute atomic E-state index is 0.101. The van der Waals surface area contributed by atoms with Crippen molar-refractivity contribution in [3.63, 3.8) is 0 Å². The van der Waals surface area contributed by atoms with Crippen LogP contribution >= 0.6 is 11.3 Å². The van der Waals surface area contributed by atoms with Crippen LogP contribution in [0.25, 0.3) is 0 Å². The molecule has 1 N–H and O–H groups in total. The maximum atomic E-state index is 12.5. The largest absolute Gasteiger partial charge is 0.313 e. The quantitative estimate of drug-likeness (QED) is 0.840. The third-order valence-corrected chi connectivity index (χ3v) is 7.13. The third-order valence-electron chi connectivity index (χ3n) is 3.72. The smallest absolute Gasteiger partial charge is 0.252 e. The second-order valence-electron chi connectivity index (χ2n) is 5.15. The maximum absolute atomic E-state index is 12.5. The lowest BCUT2D eigenvalue weighted by molar-refractivity contribution is 0.358. The van der Waals surface area contributed by atoms with Crippen LogP contribution in [0.1, 0.15) is 32.3 Å². The topological polar surface area (TPSA) is 49.4 Å². The van der Waals surface area contributed by atoms with Crippen molar-refractivity contribution >= 4 is 21.4 Å². The number of rotatable bonds is 7. The van der Waals surface area contributed by atoms with E-state index in [4.69, 9.17) is 0 Å². The molecule has 0 bridgehead atoms. The molecular weight excluding hydrogens is 280 g/mol. The van der Waals surface area contributed by atoms with E-state index in [-0.39, 0.29) is 6.04 Å². The number of nitrogens with zero attached hydrogens (tertiary/aromatic N) is 1. The molecule has 1 saturated carbocycles. The van der Waals surface area contributed by atoms with Gasteiger partial charge in [-0.15, -0.1) is 11.3 Å². The predicted molar refractivity (Wildman–Crippen MR) is 78.8 cm³/mol. The van der Waals surface area contributed by atoms with Crippen LogP contribution < -0.4 is 5.32 Å². The maximum Gasteiger partial charge on any atom is 0.252 e. The summed E-state index contributed by atoms with van der Waals surface area (Å²) in [6.07, 6.45) is 2.30. The number of nitrogens with one attached hydrogen (secondary N) is 1. The van der Waals surface area contributed by atoms with Gasteiger partial charge in [0.25, 0.3) is 10.0 Å². The molecule has 0 spiro atoms. The van der Waals surface area contributed by atoms with E-state index in [0.29, 0.717) is 10.1 Å². The number of hydrogen-bond donors (Lipinski definition) is 1. The van der Waals surface area contributed by atoms with Crippen molar-refractivity contribution in [3.05, 3.63) is 17.0 Å². The Kier molecular flexibility index (Phi) is 4.66.